The molecule has 0 spiro atoms. The minimum Gasteiger partial charge on any atom is -0.458 e. The summed E-state index contributed by atoms with van der Waals surface area (Å²) in [6.45, 7) is 15.0. The lowest BCUT2D eigenvalue weighted by Gasteiger charge is -2.48. The molecular formula is C45H76N8O15. The van der Waals surface area contributed by atoms with Crippen molar-refractivity contribution in [2.45, 2.75) is 199 Å². The number of rotatable bonds is 9. The van der Waals surface area contributed by atoms with E-state index in [9.17, 15) is 59.6 Å². The Hall–Kier alpha value is -4.07. The van der Waals surface area contributed by atoms with Crippen LogP contribution in [-0.2, 0) is 43.0 Å². The number of hydroxylamine groups is 4. The molecule has 14 atom stereocenters. The number of amides is 6. The number of aliphatic hydroxyl groups excluding tert-OH is 1. The molecule has 0 aromatic rings. The summed E-state index contributed by atoms with van der Waals surface area (Å²) in [5, 5.41) is 73.8. The van der Waals surface area contributed by atoms with Crippen molar-refractivity contribution in [1.29, 1.82) is 0 Å². The van der Waals surface area contributed by atoms with Gasteiger partial charge in [-0.3, -0.25) is 49.2 Å². The highest BCUT2D eigenvalue weighted by Gasteiger charge is 2.59. The van der Waals surface area contributed by atoms with E-state index in [1.807, 2.05) is 6.92 Å². The fourth-order valence-corrected chi connectivity index (χ4v) is 10.1. The second kappa shape index (κ2) is 21.5. The molecule has 0 saturated carbocycles. The molecular weight excluding hydrogens is 897 g/mol. The van der Waals surface area contributed by atoms with Crippen LogP contribution in [0.15, 0.2) is 0 Å². The van der Waals surface area contributed by atoms with Crippen LogP contribution < -0.4 is 16.2 Å². The molecule has 5 heterocycles. The van der Waals surface area contributed by atoms with E-state index in [4.69, 9.17) is 9.47 Å². The summed E-state index contributed by atoms with van der Waals surface area (Å²) in [7, 11) is 0. The van der Waals surface area contributed by atoms with Crippen LogP contribution in [0.3, 0.4) is 0 Å². The van der Waals surface area contributed by atoms with Gasteiger partial charge in [-0.05, 0) is 83.0 Å². The maximum Gasteiger partial charge on any atom is 0.332 e. The van der Waals surface area contributed by atoms with Crippen LogP contribution >= 0.6 is 0 Å². The van der Waals surface area contributed by atoms with E-state index in [2.05, 4.69) is 30.0 Å². The van der Waals surface area contributed by atoms with E-state index in [1.54, 1.807) is 0 Å². The third kappa shape index (κ3) is 10.8. The zero-order valence-electron chi connectivity index (χ0n) is 41.1. The Morgan fingerprint density at radius 1 is 0.882 bits per heavy atom. The highest BCUT2D eigenvalue weighted by Crippen LogP contribution is 2.42. The number of hydrogen-bond acceptors (Lipinski definition) is 17. The Morgan fingerprint density at radius 3 is 2.13 bits per heavy atom. The predicted molar refractivity (Wildman–Crippen MR) is 237 cm³/mol. The minimum atomic E-state index is -2.76. The van der Waals surface area contributed by atoms with Crippen LogP contribution in [0.1, 0.15) is 127 Å². The second-order valence-corrected chi connectivity index (χ2v) is 20.6. The number of carbonyl (C=O) groups is 7. The van der Waals surface area contributed by atoms with E-state index in [0.717, 1.165) is 41.6 Å². The maximum atomic E-state index is 15.1. The summed E-state index contributed by atoms with van der Waals surface area (Å²) in [6.07, 6.45) is -1.48. The van der Waals surface area contributed by atoms with Gasteiger partial charge in [0.2, 0.25) is 11.7 Å². The Kier molecular flexibility index (Phi) is 17.4. The van der Waals surface area contributed by atoms with Crippen molar-refractivity contribution in [2.24, 2.45) is 23.7 Å². The first kappa shape index (κ1) is 54.9. The number of esters is 1. The highest BCUT2D eigenvalue weighted by atomic mass is 16.7. The van der Waals surface area contributed by atoms with Gasteiger partial charge in [0, 0.05) is 32.5 Å². The minimum absolute atomic E-state index is 0.0101. The summed E-state index contributed by atoms with van der Waals surface area (Å²) in [5.41, 5.74) is 0.710. The summed E-state index contributed by atoms with van der Waals surface area (Å²) in [4.78, 5) is 103. The molecule has 6 amide bonds. The van der Waals surface area contributed by atoms with Crippen LogP contribution in [-0.4, -0.2) is 188 Å². The number of aliphatic hydroxyl groups is 4. The molecule has 68 heavy (non-hydrogen) atoms. The van der Waals surface area contributed by atoms with Crippen molar-refractivity contribution >= 4 is 41.4 Å². The monoisotopic (exact) mass is 973 g/mol. The number of fused-ring (bicyclic) bond motifs is 3. The van der Waals surface area contributed by atoms with Gasteiger partial charge in [-0.2, -0.15) is 0 Å². The lowest BCUT2D eigenvalue weighted by atomic mass is 9.78. The second-order valence-electron chi connectivity index (χ2n) is 20.6. The van der Waals surface area contributed by atoms with Crippen LogP contribution in [0, 0.1) is 23.7 Å². The van der Waals surface area contributed by atoms with E-state index in [-0.39, 0.29) is 67.8 Å². The largest absolute Gasteiger partial charge is 0.458 e. The molecule has 386 valence electrons. The first-order valence-corrected chi connectivity index (χ1v) is 24.2. The Bertz CT molecular complexity index is 1890. The van der Waals surface area contributed by atoms with E-state index in [1.165, 1.54) is 34.6 Å². The average molecular weight is 973 g/mol. The first-order valence-electron chi connectivity index (χ1n) is 24.2. The maximum absolute atomic E-state index is 15.1. The van der Waals surface area contributed by atoms with Crippen LogP contribution in [0.25, 0.3) is 0 Å². The molecule has 5 aliphatic heterocycles. The molecule has 0 bridgehead atoms. The van der Waals surface area contributed by atoms with Gasteiger partial charge in [-0.25, -0.2) is 25.8 Å². The lowest BCUT2D eigenvalue weighted by molar-refractivity contribution is -0.329. The number of hydrogen-bond donors (Lipinski definition) is 9. The van der Waals surface area contributed by atoms with Gasteiger partial charge >= 0.3 is 5.97 Å². The normalized spacial score (nSPS) is 36.6. The number of cyclic esters (lactones) is 1. The summed E-state index contributed by atoms with van der Waals surface area (Å²) < 4.78 is 12.2. The van der Waals surface area contributed by atoms with Gasteiger partial charge in [0.15, 0.2) is 11.6 Å². The fraction of sp³-hybridized carbons (Fsp3) is 0.844. The Balaban J connectivity index is 1.62. The van der Waals surface area contributed by atoms with Crippen molar-refractivity contribution in [2.75, 3.05) is 19.6 Å². The SMILES string of the molecule is CC[C@H](C)C[C@H]1CC[C@](O)([C@](C)(O)C(=O)N[C@@H]2C(=O)N3NCCC[13C@@H]3[13C](=O)N(O)[C@@H](C)C(=O)N3NC[C@H](O)C[13C@@H]3[13C](=O)N3CC[C@@](C)(O)[C@H]3C(=O)N(O)[C@@H](C(C)C)C(=O)O[C@H]2C(C)C)O[C@@H]1CC. The van der Waals surface area contributed by atoms with E-state index >= 15 is 4.79 Å². The number of hydrazine groups is 2. The van der Waals surface area contributed by atoms with Gasteiger partial charge < -0.3 is 40.1 Å². The van der Waals surface area contributed by atoms with Crippen LogP contribution in [0.5, 0.6) is 0 Å². The van der Waals surface area contributed by atoms with Gasteiger partial charge in [-0.1, -0.05) is 54.9 Å². The fourth-order valence-electron chi connectivity index (χ4n) is 10.1. The summed E-state index contributed by atoms with van der Waals surface area (Å²) in [5.74, 6) is -12.1. The number of nitrogens with zero attached hydrogens (tertiary/aromatic N) is 5. The van der Waals surface area contributed by atoms with Gasteiger partial charge in [0.1, 0.15) is 36.3 Å². The average Bonchev–Trinajstić information content (AvgIpc) is 3.62. The zero-order valence-corrected chi connectivity index (χ0v) is 41.1. The zero-order chi connectivity index (χ0) is 51.0. The van der Waals surface area contributed by atoms with Gasteiger partial charge in [0.05, 0.1) is 17.8 Å². The van der Waals surface area contributed by atoms with Crippen molar-refractivity contribution in [3.05, 3.63) is 0 Å². The standard InChI is InChI=1S/C45H76N8O15/c1-11-25(7)20-27-15-16-45(64,68-31(27)12-2)44(10,63)42(61)48-32-34(24(5)6)67-41(60)33(23(3)4)53(66)40(59)35-43(9,62)17-19-49(35)37(56)30-21-28(54)22-47-51(30)36(55)26(8)52(65)38(57)29-14-13-18-46-50(29)39(32)58/h23-35,46-47,54,62-66H,11-22H2,1-10H3,(H,48,61)/t25-,26-,27+,28+,29+,30+,31+,32-,33-,34-,35+,43+,44+,45+/m0/s1/i29+1,30+1,37+1,38+1. The Labute approximate surface area is 397 Å². The smallest absolute Gasteiger partial charge is 0.332 e. The van der Waals surface area contributed by atoms with Crippen molar-refractivity contribution in [1.82, 2.24) is 41.2 Å². The third-order valence-corrected chi connectivity index (χ3v) is 14.7. The molecule has 5 fully saturated rings. The van der Waals surface area contributed by atoms with Crippen LogP contribution in [0.4, 0.5) is 0 Å². The highest BCUT2D eigenvalue weighted by molar-refractivity contribution is 5.98. The van der Waals surface area contributed by atoms with Gasteiger partial charge in [0.25, 0.3) is 29.5 Å². The molecule has 23 heteroatoms. The molecule has 0 aromatic carbocycles. The van der Waals surface area contributed by atoms with E-state index < -0.39 is 125 Å². The third-order valence-electron chi connectivity index (χ3n) is 14.7. The summed E-state index contributed by atoms with van der Waals surface area (Å²) >= 11 is 0. The molecule has 0 aromatic heterocycles. The molecule has 5 aliphatic rings. The van der Waals surface area contributed by atoms with Crippen molar-refractivity contribution in [3.63, 3.8) is 0 Å². The molecule has 5 rings (SSSR count). The molecule has 0 radical (unpaired) electrons. The Morgan fingerprint density at radius 2 is 1.53 bits per heavy atom. The van der Waals surface area contributed by atoms with Crippen LogP contribution in [0.2, 0.25) is 0 Å². The van der Waals surface area contributed by atoms with Gasteiger partial charge in [-0.15, -0.1) is 0 Å². The number of nitrogens with one attached hydrogen (secondary N) is 3. The number of β-amino-alcohol motifs (C(OH)–C–C–N with tert-alkyl or cyclic N) is 1. The summed E-state index contributed by atoms with van der Waals surface area (Å²) in [6, 6.07) is -10.6. The van der Waals surface area contributed by atoms with Crippen molar-refractivity contribution < 1.29 is 73.9 Å². The molecule has 5 saturated heterocycles. The van der Waals surface area contributed by atoms with Crippen molar-refractivity contribution in [3.8, 4) is 0 Å². The lowest BCUT2D eigenvalue weighted by Crippen LogP contribution is -2.70. The predicted octanol–water partition coefficient (Wildman–Crippen LogP) is -0.704. The number of carbonyl (C=O) groups excluding carboxylic acids is 7. The molecule has 23 nitrogen and oxygen atoms in total. The molecule has 0 aliphatic carbocycles. The number of ether oxygens (including phenoxy) is 2. The first-order chi connectivity index (χ1) is 31.6. The molecule has 9 N–H and O–H groups in total. The molecule has 0 unspecified atom stereocenters. The quantitative estimate of drug-likeness (QED) is 0.0784. The van der Waals surface area contributed by atoms with E-state index in [0.29, 0.717) is 18.8 Å². The topological polar surface area (TPSA) is 312 Å².